The number of hydrogen-bond donors (Lipinski definition) is 4. The van der Waals surface area contributed by atoms with Crippen LogP contribution in [-0.4, -0.2) is 22.5 Å². The standard InChI is InChI=1S/C18H17FN4OS/c1-2-20-18(25)23-22-17(24)16-15(11-6-4-3-5-7-11)13-10-12(19)8-9-14(13)21-16/h3-10,21H,2H2,1H3,(H,22,24)(H2,20,23,25). The molecule has 0 atom stereocenters. The van der Waals surface area contributed by atoms with E-state index in [0.29, 0.717) is 33.8 Å². The molecule has 7 heteroatoms. The van der Waals surface area contributed by atoms with Gasteiger partial charge in [0.2, 0.25) is 0 Å². The first-order chi connectivity index (χ1) is 12.1. The van der Waals surface area contributed by atoms with Crippen LogP contribution in [0, 0.1) is 5.82 Å². The summed E-state index contributed by atoms with van der Waals surface area (Å²) in [7, 11) is 0. The molecule has 5 nitrogen and oxygen atoms in total. The SMILES string of the molecule is CCNC(=S)NNC(=O)c1[nH]c2ccc(F)cc2c1-c1ccccc1. The third-order valence-electron chi connectivity index (χ3n) is 3.68. The van der Waals surface area contributed by atoms with Crippen molar-refractivity contribution in [1.82, 2.24) is 21.2 Å². The van der Waals surface area contributed by atoms with Crippen LogP contribution in [0.25, 0.3) is 22.0 Å². The highest BCUT2D eigenvalue weighted by Crippen LogP contribution is 2.32. The molecule has 2 aromatic carbocycles. The zero-order chi connectivity index (χ0) is 17.8. The van der Waals surface area contributed by atoms with E-state index in [1.54, 1.807) is 6.07 Å². The minimum Gasteiger partial charge on any atom is -0.362 e. The van der Waals surface area contributed by atoms with Gasteiger partial charge in [-0.1, -0.05) is 30.3 Å². The maximum atomic E-state index is 13.7. The number of benzene rings is 2. The molecule has 0 saturated carbocycles. The predicted molar refractivity (Wildman–Crippen MR) is 101 cm³/mol. The predicted octanol–water partition coefficient (Wildman–Crippen LogP) is 3.10. The summed E-state index contributed by atoms with van der Waals surface area (Å²) in [6.45, 7) is 2.54. The number of nitrogens with one attached hydrogen (secondary N) is 4. The van der Waals surface area contributed by atoms with Gasteiger partial charge in [0.15, 0.2) is 5.11 Å². The summed E-state index contributed by atoms with van der Waals surface area (Å²) in [6.07, 6.45) is 0. The highest BCUT2D eigenvalue weighted by atomic mass is 32.1. The third kappa shape index (κ3) is 3.61. The molecule has 3 rings (SSSR count). The number of carbonyl (C=O) groups excluding carboxylic acids is 1. The van der Waals surface area contributed by atoms with E-state index in [9.17, 15) is 9.18 Å². The number of fused-ring (bicyclic) bond motifs is 1. The molecule has 3 aromatic rings. The molecule has 0 unspecified atom stereocenters. The summed E-state index contributed by atoms with van der Waals surface area (Å²) < 4.78 is 13.7. The summed E-state index contributed by atoms with van der Waals surface area (Å²) in [5.41, 5.74) is 7.67. The molecular formula is C18H17FN4OS. The highest BCUT2D eigenvalue weighted by molar-refractivity contribution is 7.80. The van der Waals surface area contributed by atoms with Crippen molar-refractivity contribution in [3.8, 4) is 11.1 Å². The van der Waals surface area contributed by atoms with Crippen molar-refractivity contribution in [2.24, 2.45) is 0 Å². The van der Waals surface area contributed by atoms with E-state index in [-0.39, 0.29) is 5.82 Å². The minimum absolute atomic E-state index is 0.319. The van der Waals surface area contributed by atoms with Crippen LogP contribution in [0.15, 0.2) is 48.5 Å². The molecule has 0 fully saturated rings. The Morgan fingerprint density at radius 1 is 1.16 bits per heavy atom. The first kappa shape index (κ1) is 16.9. The second-order valence-corrected chi connectivity index (χ2v) is 5.78. The van der Waals surface area contributed by atoms with Crippen molar-refractivity contribution < 1.29 is 9.18 Å². The highest BCUT2D eigenvalue weighted by Gasteiger charge is 2.19. The van der Waals surface area contributed by atoms with E-state index >= 15 is 0 Å². The Morgan fingerprint density at radius 2 is 1.92 bits per heavy atom. The van der Waals surface area contributed by atoms with Gasteiger partial charge in [-0.3, -0.25) is 15.6 Å². The number of halogens is 1. The van der Waals surface area contributed by atoms with Crippen LogP contribution in [0.2, 0.25) is 0 Å². The molecule has 0 aliphatic carbocycles. The van der Waals surface area contributed by atoms with Crippen LogP contribution in [0.1, 0.15) is 17.4 Å². The zero-order valence-corrected chi connectivity index (χ0v) is 14.3. The number of H-pyrrole nitrogens is 1. The molecular weight excluding hydrogens is 339 g/mol. The van der Waals surface area contributed by atoms with Crippen molar-refractivity contribution in [1.29, 1.82) is 0 Å². The molecule has 1 aromatic heterocycles. The van der Waals surface area contributed by atoms with Gasteiger partial charge in [-0.2, -0.15) is 0 Å². The normalized spacial score (nSPS) is 10.5. The average molecular weight is 356 g/mol. The Labute approximate surface area is 149 Å². The van der Waals surface area contributed by atoms with Crippen LogP contribution in [0.5, 0.6) is 0 Å². The molecule has 0 radical (unpaired) electrons. The van der Waals surface area contributed by atoms with Gasteiger partial charge in [0.1, 0.15) is 11.5 Å². The molecule has 4 N–H and O–H groups in total. The number of aromatic amines is 1. The molecule has 128 valence electrons. The maximum absolute atomic E-state index is 13.7. The van der Waals surface area contributed by atoms with Gasteiger partial charge in [-0.25, -0.2) is 4.39 Å². The summed E-state index contributed by atoms with van der Waals surface area (Å²) in [4.78, 5) is 15.7. The van der Waals surface area contributed by atoms with Gasteiger partial charge < -0.3 is 10.3 Å². The minimum atomic E-state index is -0.393. The summed E-state index contributed by atoms with van der Waals surface area (Å²) in [6, 6.07) is 13.8. The fraction of sp³-hybridized carbons (Fsp3) is 0.111. The third-order valence-corrected chi connectivity index (χ3v) is 3.92. The van der Waals surface area contributed by atoms with Gasteiger partial charge in [-0.15, -0.1) is 0 Å². The first-order valence-electron chi connectivity index (χ1n) is 7.81. The summed E-state index contributed by atoms with van der Waals surface area (Å²) in [5, 5.41) is 3.84. The molecule has 0 aliphatic rings. The number of thiocarbonyl (C=S) groups is 1. The first-order valence-corrected chi connectivity index (χ1v) is 8.21. The number of hydrazine groups is 1. The molecule has 0 aliphatic heterocycles. The van der Waals surface area contributed by atoms with Crippen molar-refractivity contribution in [2.45, 2.75) is 6.92 Å². The zero-order valence-electron chi connectivity index (χ0n) is 13.5. The van der Waals surface area contributed by atoms with Crippen LogP contribution in [0.4, 0.5) is 4.39 Å². The van der Waals surface area contributed by atoms with Crippen molar-refractivity contribution in [2.75, 3.05) is 6.54 Å². The lowest BCUT2D eigenvalue weighted by atomic mass is 10.0. The lowest BCUT2D eigenvalue weighted by molar-refractivity contribution is 0.0940. The van der Waals surface area contributed by atoms with E-state index < -0.39 is 5.91 Å². The van der Waals surface area contributed by atoms with Gasteiger partial charge in [0.25, 0.3) is 5.91 Å². The number of carbonyl (C=O) groups is 1. The van der Waals surface area contributed by atoms with Crippen molar-refractivity contribution in [3.63, 3.8) is 0 Å². The number of hydrogen-bond acceptors (Lipinski definition) is 2. The average Bonchev–Trinajstić information content (AvgIpc) is 2.99. The topological polar surface area (TPSA) is 68.9 Å². The van der Waals surface area contributed by atoms with E-state index in [0.717, 1.165) is 5.56 Å². The van der Waals surface area contributed by atoms with Crippen LogP contribution in [-0.2, 0) is 0 Å². The fourth-order valence-electron chi connectivity index (χ4n) is 2.62. The smallest absolute Gasteiger partial charge is 0.286 e. The molecule has 0 saturated heterocycles. The van der Waals surface area contributed by atoms with Crippen LogP contribution < -0.4 is 16.2 Å². The van der Waals surface area contributed by atoms with Gasteiger partial charge in [-0.05, 0) is 42.9 Å². The van der Waals surface area contributed by atoms with Crippen molar-refractivity contribution >= 4 is 34.1 Å². The second kappa shape index (κ2) is 7.31. The number of aromatic nitrogens is 1. The summed E-state index contributed by atoms with van der Waals surface area (Å²) >= 11 is 5.03. The molecule has 1 amide bonds. The second-order valence-electron chi connectivity index (χ2n) is 5.37. The van der Waals surface area contributed by atoms with E-state index in [1.165, 1.54) is 12.1 Å². The molecule has 1 heterocycles. The Kier molecular flexibility index (Phi) is 4.95. The largest absolute Gasteiger partial charge is 0.362 e. The maximum Gasteiger partial charge on any atom is 0.286 e. The van der Waals surface area contributed by atoms with Gasteiger partial charge >= 0.3 is 0 Å². The molecule has 0 bridgehead atoms. The lowest BCUT2D eigenvalue weighted by Gasteiger charge is -2.10. The van der Waals surface area contributed by atoms with E-state index in [4.69, 9.17) is 12.2 Å². The Balaban J connectivity index is 2.02. The Morgan fingerprint density at radius 3 is 2.64 bits per heavy atom. The molecule has 25 heavy (non-hydrogen) atoms. The van der Waals surface area contributed by atoms with Crippen molar-refractivity contribution in [3.05, 3.63) is 60.0 Å². The van der Waals surface area contributed by atoms with E-state index in [2.05, 4.69) is 21.2 Å². The fourth-order valence-corrected chi connectivity index (χ4v) is 2.82. The quantitative estimate of drug-likeness (QED) is 0.430. The Bertz CT molecular complexity index is 923. The number of amides is 1. The molecule has 0 spiro atoms. The monoisotopic (exact) mass is 356 g/mol. The van der Waals surface area contributed by atoms with Crippen LogP contribution >= 0.6 is 12.2 Å². The number of rotatable bonds is 3. The van der Waals surface area contributed by atoms with Crippen LogP contribution in [0.3, 0.4) is 0 Å². The van der Waals surface area contributed by atoms with Gasteiger partial charge in [0.05, 0.1) is 0 Å². The van der Waals surface area contributed by atoms with E-state index in [1.807, 2.05) is 37.3 Å². The summed E-state index contributed by atoms with van der Waals surface area (Å²) in [5.74, 6) is -0.752. The lowest BCUT2D eigenvalue weighted by Crippen LogP contribution is -2.46. The Hall–Kier alpha value is -2.93. The van der Waals surface area contributed by atoms with Gasteiger partial charge in [0, 0.05) is 23.0 Å².